The zero-order valence-corrected chi connectivity index (χ0v) is 14.1. The molecule has 1 aliphatic heterocycles. The predicted octanol–water partition coefficient (Wildman–Crippen LogP) is 2.90. The first-order chi connectivity index (χ1) is 11.3. The van der Waals surface area contributed by atoms with Crippen LogP contribution in [0.25, 0.3) is 0 Å². The molecule has 23 heavy (non-hydrogen) atoms. The lowest BCUT2D eigenvalue weighted by Gasteiger charge is -2.33. The molecule has 124 valence electrons. The van der Waals surface area contributed by atoms with Crippen molar-refractivity contribution in [2.24, 2.45) is 0 Å². The summed E-state index contributed by atoms with van der Waals surface area (Å²) in [7, 11) is 0. The van der Waals surface area contributed by atoms with E-state index in [-0.39, 0.29) is 0 Å². The van der Waals surface area contributed by atoms with Crippen molar-refractivity contribution >= 4 is 0 Å². The minimum absolute atomic E-state index is 0.589. The molecule has 2 N–H and O–H groups in total. The predicted molar refractivity (Wildman–Crippen MR) is 94.4 cm³/mol. The van der Waals surface area contributed by atoms with Crippen LogP contribution in [0.3, 0.4) is 0 Å². The number of aromatic nitrogens is 2. The van der Waals surface area contributed by atoms with E-state index in [4.69, 9.17) is 0 Å². The fourth-order valence-corrected chi connectivity index (χ4v) is 3.37. The lowest BCUT2D eigenvalue weighted by Crippen LogP contribution is -2.45. The van der Waals surface area contributed by atoms with E-state index in [1.807, 2.05) is 13.1 Å². The van der Waals surface area contributed by atoms with Gasteiger partial charge in [0, 0.05) is 24.5 Å². The van der Waals surface area contributed by atoms with Crippen molar-refractivity contribution in [3.8, 4) is 0 Å². The van der Waals surface area contributed by atoms with Crippen LogP contribution >= 0.6 is 0 Å². The fourth-order valence-electron chi connectivity index (χ4n) is 3.37. The first-order valence-corrected chi connectivity index (χ1v) is 8.80. The third-order valence-electron chi connectivity index (χ3n) is 4.60. The van der Waals surface area contributed by atoms with Gasteiger partial charge in [-0.05, 0) is 51.3 Å². The number of nitrogens with zero attached hydrogens (tertiary/aromatic N) is 2. The van der Waals surface area contributed by atoms with Crippen molar-refractivity contribution in [3.63, 3.8) is 0 Å². The van der Waals surface area contributed by atoms with Crippen LogP contribution in [-0.4, -0.2) is 40.5 Å². The first-order valence-electron chi connectivity index (χ1n) is 8.80. The summed E-state index contributed by atoms with van der Waals surface area (Å²) in [5.41, 5.74) is 2.58. The molecule has 4 heteroatoms. The standard InChI is InChI=1S/C19H28N4/c1-16-13-21-19(22-16)14-20-18-10-6-12-23(15-18)11-5-9-17-7-3-2-4-8-17/h2-4,7-8,13,18,20H,5-6,9-12,14-15H2,1H3,(H,21,22). The Kier molecular flexibility index (Phi) is 5.83. The summed E-state index contributed by atoms with van der Waals surface area (Å²) >= 11 is 0. The topological polar surface area (TPSA) is 44.0 Å². The molecule has 0 radical (unpaired) electrons. The quantitative estimate of drug-likeness (QED) is 0.826. The number of likely N-dealkylation sites (tertiary alicyclic amines) is 1. The average molecular weight is 312 g/mol. The third-order valence-corrected chi connectivity index (χ3v) is 4.60. The van der Waals surface area contributed by atoms with Gasteiger partial charge in [0.1, 0.15) is 5.82 Å². The molecule has 4 nitrogen and oxygen atoms in total. The van der Waals surface area contributed by atoms with E-state index in [1.54, 1.807) is 0 Å². The van der Waals surface area contributed by atoms with Gasteiger partial charge in [-0.25, -0.2) is 4.98 Å². The summed E-state index contributed by atoms with van der Waals surface area (Å²) in [6.45, 7) is 6.50. The van der Waals surface area contributed by atoms with Crippen molar-refractivity contribution in [2.45, 2.75) is 45.2 Å². The summed E-state index contributed by atoms with van der Waals surface area (Å²) in [6, 6.07) is 11.4. The molecular weight excluding hydrogens is 284 g/mol. The van der Waals surface area contributed by atoms with Gasteiger partial charge in [0.15, 0.2) is 0 Å². The van der Waals surface area contributed by atoms with Gasteiger partial charge >= 0.3 is 0 Å². The summed E-state index contributed by atoms with van der Waals surface area (Å²) in [5.74, 6) is 1.05. The van der Waals surface area contributed by atoms with E-state index < -0.39 is 0 Å². The Hall–Kier alpha value is -1.65. The molecule has 1 aromatic carbocycles. The van der Waals surface area contributed by atoms with Gasteiger partial charge in [0.2, 0.25) is 0 Å². The van der Waals surface area contributed by atoms with Crippen LogP contribution in [-0.2, 0) is 13.0 Å². The first kappa shape index (κ1) is 16.2. The summed E-state index contributed by atoms with van der Waals surface area (Å²) in [6.07, 6.45) is 6.89. The number of imidazole rings is 1. The minimum atomic E-state index is 0.589. The van der Waals surface area contributed by atoms with Crippen molar-refractivity contribution in [2.75, 3.05) is 19.6 Å². The van der Waals surface area contributed by atoms with Gasteiger partial charge in [-0.1, -0.05) is 30.3 Å². The van der Waals surface area contributed by atoms with E-state index >= 15 is 0 Å². The van der Waals surface area contributed by atoms with Crippen LogP contribution in [0, 0.1) is 6.92 Å². The zero-order valence-electron chi connectivity index (χ0n) is 14.1. The third kappa shape index (κ3) is 5.19. The van der Waals surface area contributed by atoms with Crippen molar-refractivity contribution < 1.29 is 0 Å². The van der Waals surface area contributed by atoms with Gasteiger partial charge in [0.25, 0.3) is 0 Å². The van der Waals surface area contributed by atoms with E-state index in [2.05, 4.69) is 50.5 Å². The normalized spacial score (nSPS) is 19.1. The fraction of sp³-hybridized carbons (Fsp3) is 0.526. The number of rotatable bonds is 7. The second kappa shape index (κ2) is 8.27. The highest BCUT2D eigenvalue weighted by atomic mass is 15.2. The highest BCUT2D eigenvalue weighted by molar-refractivity contribution is 5.14. The van der Waals surface area contributed by atoms with Crippen LogP contribution in [0.5, 0.6) is 0 Å². The van der Waals surface area contributed by atoms with Crippen LogP contribution in [0.2, 0.25) is 0 Å². The maximum absolute atomic E-state index is 4.37. The number of benzene rings is 1. The van der Waals surface area contributed by atoms with Crippen molar-refractivity contribution in [1.29, 1.82) is 0 Å². The zero-order chi connectivity index (χ0) is 15.9. The number of H-pyrrole nitrogens is 1. The summed E-state index contributed by atoms with van der Waals surface area (Å²) in [5, 5.41) is 3.65. The number of hydrogen-bond donors (Lipinski definition) is 2. The van der Waals surface area contributed by atoms with Gasteiger partial charge in [-0.15, -0.1) is 0 Å². The second-order valence-electron chi connectivity index (χ2n) is 6.62. The Balaban J connectivity index is 1.37. The van der Waals surface area contributed by atoms with Gasteiger partial charge < -0.3 is 15.2 Å². The Morgan fingerprint density at radius 2 is 2.17 bits per heavy atom. The Morgan fingerprint density at radius 1 is 1.30 bits per heavy atom. The van der Waals surface area contributed by atoms with Crippen LogP contribution in [0.1, 0.15) is 36.3 Å². The summed E-state index contributed by atoms with van der Waals surface area (Å²) in [4.78, 5) is 10.3. The molecule has 0 bridgehead atoms. The molecule has 1 aliphatic rings. The molecule has 2 heterocycles. The molecule has 1 fully saturated rings. The molecule has 1 atom stereocenters. The molecule has 0 saturated carbocycles. The number of piperidine rings is 1. The maximum Gasteiger partial charge on any atom is 0.120 e. The van der Waals surface area contributed by atoms with Gasteiger partial charge in [-0.3, -0.25) is 0 Å². The van der Waals surface area contributed by atoms with E-state index in [9.17, 15) is 0 Å². The molecular formula is C19H28N4. The molecule has 0 aliphatic carbocycles. The molecule has 0 spiro atoms. The Morgan fingerprint density at radius 3 is 2.96 bits per heavy atom. The lowest BCUT2D eigenvalue weighted by atomic mass is 10.0. The van der Waals surface area contributed by atoms with Crippen molar-refractivity contribution in [1.82, 2.24) is 20.2 Å². The van der Waals surface area contributed by atoms with Crippen LogP contribution < -0.4 is 5.32 Å². The van der Waals surface area contributed by atoms with Crippen LogP contribution in [0.15, 0.2) is 36.5 Å². The lowest BCUT2D eigenvalue weighted by molar-refractivity contribution is 0.187. The summed E-state index contributed by atoms with van der Waals surface area (Å²) < 4.78 is 0. The number of hydrogen-bond acceptors (Lipinski definition) is 3. The Labute approximate surface area is 139 Å². The van der Waals surface area contributed by atoms with E-state index in [1.165, 1.54) is 44.3 Å². The molecule has 3 rings (SSSR count). The van der Waals surface area contributed by atoms with Crippen LogP contribution in [0.4, 0.5) is 0 Å². The Bertz CT molecular complexity index is 578. The van der Waals surface area contributed by atoms with E-state index in [0.29, 0.717) is 6.04 Å². The number of nitrogens with one attached hydrogen (secondary N) is 2. The SMILES string of the molecule is Cc1cnc(CNC2CCCN(CCCc3ccccc3)C2)[nH]1. The molecule has 1 unspecified atom stereocenters. The van der Waals surface area contributed by atoms with Gasteiger partial charge in [-0.2, -0.15) is 0 Å². The molecule has 0 amide bonds. The molecule has 2 aromatic rings. The molecule has 1 aromatic heterocycles. The highest BCUT2D eigenvalue weighted by Crippen LogP contribution is 2.12. The highest BCUT2D eigenvalue weighted by Gasteiger charge is 2.19. The number of aromatic amines is 1. The largest absolute Gasteiger partial charge is 0.345 e. The van der Waals surface area contributed by atoms with Crippen molar-refractivity contribution in [3.05, 3.63) is 53.6 Å². The van der Waals surface area contributed by atoms with Gasteiger partial charge in [0.05, 0.1) is 6.54 Å². The van der Waals surface area contributed by atoms with E-state index in [0.717, 1.165) is 24.6 Å². The second-order valence-corrected chi connectivity index (χ2v) is 6.62. The maximum atomic E-state index is 4.37. The molecule has 1 saturated heterocycles. The average Bonchev–Trinajstić information content (AvgIpc) is 3.00. The minimum Gasteiger partial charge on any atom is -0.345 e. The smallest absolute Gasteiger partial charge is 0.120 e. The monoisotopic (exact) mass is 312 g/mol. The number of aryl methyl sites for hydroxylation is 2.